The molecule has 0 aliphatic rings. The second-order valence-corrected chi connectivity index (χ2v) is 6.25. The zero-order valence-corrected chi connectivity index (χ0v) is 15.6. The molecule has 0 aliphatic carbocycles. The molecule has 7 nitrogen and oxygen atoms in total. The van der Waals surface area contributed by atoms with Crippen molar-refractivity contribution in [2.75, 3.05) is 11.9 Å². The van der Waals surface area contributed by atoms with E-state index in [1.165, 1.54) is 16.8 Å². The fourth-order valence-corrected chi connectivity index (χ4v) is 2.75. The Kier molecular flexibility index (Phi) is 6.52. The molecule has 26 heavy (non-hydrogen) atoms. The summed E-state index contributed by atoms with van der Waals surface area (Å²) in [4.78, 5) is 35.7. The lowest BCUT2D eigenvalue weighted by Crippen LogP contribution is -2.26. The number of hydrogen-bond acceptors (Lipinski definition) is 5. The first-order valence-corrected chi connectivity index (χ1v) is 8.51. The zero-order chi connectivity index (χ0) is 19.3. The highest BCUT2D eigenvalue weighted by Crippen LogP contribution is 2.27. The standard InChI is InChI=1S/C18H20ClN3O4/c1-4-7-22-16(24)6-5-14(21-22)18(25)26-10-15(23)20-17-12(3)8-11(2)9-13(17)19/h5-6,8-9H,4,7,10H2,1-3H3,(H,20,23). The summed E-state index contributed by atoms with van der Waals surface area (Å²) >= 11 is 6.13. The SMILES string of the molecule is CCCn1nc(C(=O)OCC(=O)Nc2c(C)cc(C)cc2Cl)ccc1=O. The van der Waals surface area contributed by atoms with Crippen molar-refractivity contribution in [2.24, 2.45) is 0 Å². The molecular formula is C18H20ClN3O4. The van der Waals surface area contributed by atoms with Crippen LogP contribution in [-0.4, -0.2) is 28.3 Å². The summed E-state index contributed by atoms with van der Waals surface area (Å²) in [7, 11) is 0. The first kappa shape index (κ1) is 19.7. The summed E-state index contributed by atoms with van der Waals surface area (Å²) in [5.74, 6) is -1.30. The lowest BCUT2D eigenvalue weighted by atomic mass is 10.1. The summed E-state index contributed by atoms with van der Waals surface area (Å²) in [6.45, 7) is 5.52. The van der Waals surface area contributed by atoms with E-state index in [4.69, 9.17) is 16.3 Å². The number of rotatable bonds is 6. The number of benzene rings is 1. The van der Waals surface area contributed by atoms with Gasteiger partial charge in [-0.1, -0.05) is 24.6 Å². The van der Waals surface area contributed by atoms with E-state index in [2.05, 4.69) is 10.4 Å². The van der Waals surface area contributed by atoms with Crippen LogP contribution in [0.3, 0.4) is 0 Å². The van der Waals surface area contributed by atoms with E-state index in [9.17, 15) is 14.4 Å². The molecule has 8 heteroatoms. The first-order valence-electron chi connectivity index (χ1n) is 8.13. The molecule has 0 unspecified atom stereocenters. The lowest BCUT2D eigenvalue weighted by molar-refractivity contribution is -0.119. The van der Waals surface area contributed by atoms with Gasteiger partial charge in [0.25, 0.3) is 11.5 Å². The third-order valence-electron chi connectivity index (χ3n) is 3.54. The van der Waals surface area contributed by atoms with Gasteiger partial charge in [0.1, 0.15) is 0 Å². The van der Waals surface area contributed by atoms with E-state index in [0.717, 1.165) is 11.1 Å². The molecule has 1 amide bonds. The second kappa shape index (κ2) is 8.62. The monoisotopic (exact) mass is 377 g/mol. The van der Waals surface area contributed by atoms with E-state index in [1.54, 1.807) is 6.07 Å². The van der Waals surface area contributed by atoms with Gasteiger partial charge in [-0.3, -0.25) is 9.59 Å². The Balaban J connectivity index is 2.00. The summed E-state index contributed by atoms with van der Waals surface area (Å²) in [6, 6.07) is 6.13. The van der Waals surface area contributed by atoms with Crippen molar-refractivity contribution in [2.45, 2.75) is 33.7 Å². The minimum atomic E-state index is -0.781. The van der Waals surface area contributed by atoms with Crippen molar-refractivity contribution >= 4 is 29.2 Å². The number of anilines is 1. The number of carbonyl (C=O) groups is 2. The van der Waals surface area contributed by atoms with Crippen LogP contribution in [0.2, 0.25) is 5.02 Å². The Morgan fingerprint density at radius 1 is 1.27 bits per heavy atom. The van der Waals surface area contributed by atoms with Crippen molar-refractivity contribution < 1.29 is 14.3 Å². The van der Waals surface area contributed by atoms with Crippen LogP contribution in [0.15, 0.2) is 29.1 Å². The Labute approximate surface area is 155 Å². The van der Waals surface area contributed by atoms with E-state index < -0.39 is 18.5 Å². The number of ether oxygens (including phenoxy) is 1. The van der Waals surface area contributed by atoms with Crippen molar-refractivity contribution in [1.82, 2.24) is 9.78 Å². The second-order valence-electron chi connectivity index (χ2n) is 5.84. The van der Waals surface area contributed by atoms with Gasteiger partial charge in [-0.05, 0) is 43.5 Å². The van der Waals surface area contributed by atoms with Gasteiger partial charge in [-0.25, -0.2) is 9.48 Å². The van der Waals surface area contributed by atoms with Crippen LogP contribution in [0.1, 0.15) is 35.0 Å². The van der Waals surface area contributed by atoms with Gasteiger partial charge in [0, 0.05) is 12.6 Å². The highest BCUT2D eigenvalue weighted by Gasteiger charge is 2.15. The molecule has 0 spiro atoms. The normalized spacial score (nSPS) is 10.5. The number of hydrogen-bond donors (Lipinski definition) is 1. The Morgan fingerprint density at radius 2 is 2.00 bits per heavy atom. The van der Waals surface area contributed by atoms with Gasteiger partial charge in [0.05, 0.1) is 10.7 Å². The molecule has 0 atom stereocenters. The molecule has 1 aromatic heterocycles. The molecule has 0 radical (unpaired) electrons. The van der Waals surface area contributed by atoms with Gasteiger partial charge >= 0.3 is 5.97 Å². The number of nitrogens with one attached hydrogen (secondary N) is 1. The van der Waals surface area contributed by atoms with Crippen LogP contribution < -0.4 is 10.9 Å². The fourth-order valence-electron chi connectivity index (χ4n) is 2.38. The highest BCUT2D eigenvalue weighted by molar-refractivity contribution is 6.34. The molecule has 1 aromatic carbocycles. The van der Waals surface area contributed by atoms with Gasteiger partial charge in [-0.2, -0.15) is 5.10 Å². The third-order valence-corrected chi connectivity index (χ3v) is 3.84. The van der Waals surface area contributed by atoms with Gasteiger partial charge in [-0.15, -0.1) is 0 Å². The molecule has 0 fully saturated rings. The van der Waals surface area contributed by atoms with Crippen molar-refractivity contribution in [1.29, 1.82) is 0 Å². The summed E-state index contributed by atoms with van der Waals surface area (Å²) in [5, 5.41) is 6.98. The Hall–Kier alpha value is -2.67. The topological polar surface area (TPSA) is 90.3 Å². The maximum atomic E-state index is 12.0. The Morgan fingerprint density at radius 3 is 2.65 bits per heavy atom. The summed E-state index contributed by atoms with van der Waals surface area (Å²) < 4.78 is 6.15. The van der Waals surface area contributed by atoms with Crippen molar-refractivity contribution in [3.05, 3.63) is 56.5 Å². The smallest absolute Gasteiger partial charge is 0.359 e. The van der Waals surface area contributed by atoms with E-state index >= 15 is 0 Å². The van der Waals surface area contributed by atoms with Crippen LogP contribution in [-0.2, 0) is 16.1 Å². The molecule has 2 rings (SSSR count). The minimum Gasteiger partial charge on any atom is -0.451 e. The van der Waals surface area contributed by atoms with Gasteiger partial charge in [0.15, 0.2) is 12.3 Å². The first-order chi connectivity index (χ1) is 12.3. The lowest BCUT2D eigenvalue weighted by Gasteiger charge is -2.12. The quantitative estimate of drug-likeness (QED) is 0.781. The number of amides is 1. The number of carbonyl (C=O) groups excluding carboxylic acids is 2. The predicted molar refractivity (Wildman–Crippen MR) is 98.6 cm³/mol. The number of esters is 1. The summed E-state index contributed by atoms with van der Waals surface area (Å²) in [5.41, 5.74) is 1.93. The summed E-state index contributed by atoms with van der Waals surface area (Å²) in [6.07, 6.45) is 0.699. The molecule has 0 saturated carbocycles. The maximum Gasteiger partial charge on any atom is 0.359 e. The third kappa shape index (κ3) is 4.92. The van der Waals surface area contributed by atoms with Crippen LogP contribution in [0.4, 0.5) is 5.69 Å². The van der Waals surface area contributed by atoms with Crippen LogP contribution in [0.25, 0.3) is 0 Å². The number of nitrogens with zero attached hydrogens (tertiary/aromatic N) is 2. The van der Waals surface area contributed by atoms with Crippen LogP contribution in [0.5, 0.6) is 0 Å². The van der Waals surface area contributed by atoms with E-state index in [-0.39, 0.29) is 11.3 Å². The van der Waals surface area contributed by atoms with Crippen LogP contribution >= 0.6 is 11.6 Å². The van der Waals surface area contributed by atoms with Crippen molar-refractivity contribution in [3.8, 4) is 0 Å². The van der Waals surface area contributed by atoms with E-state index in [0.29, 0.717) is 23.7 Å². The zero-order valence-electron chi connectivity index (χ0n) is 14.8. The predicted octanol–water partition coefficient (Wildman–Crippen LogP) is 2.72. The molecule has 1 N–H and O–H groups in total. The van der Waals surface area contributed by atoms with E-state index in [1.807, 2.05) is 26.8 Å². The van der Waals surface area contributed by atoms with Crippen molar-refractivity contribution in [3.63, 3.8) is 0 Å². The molecule has 0 bridgehead atoms. The molecule has 1 heterocycles. The Bertz CT molecular complexity index is 869. The van der Waals surface area contributed by atoms with Gasteiger partial charge in [0.2, 0.25) is 0 Å². The number of aryl methyl sites for hydroxylation is 3. The average Bonchev–Trinajstić information content (AvgIpc) is 2.58. The van der Waals surface area contributed by atoms with Gasteiger partial charge < -0.3 is 10.1 Å². The average molecular weight is 378 g/mol. The molecule has 0 saturated heterocycles. The fraction of sp³-hybridized carbons (Fsp3) is 0.333. The maximum absolute atomic E-state index is 12.0. The number of halogens is 1. The molecule has 2 aromatic rings. The molecule has 138 valence electrons. The molecule has 0 aliphatic heterocycles. The minimum absolute atomic E-state index is 0.0320. The van der Waals surface area contributed by atoms with Crippen LogP contribution in [0, 0.1) is 13.8 Å². The largest absolute Gasteiger partial charge is 0.451 e. The highest BCUT2D eigenvalue weighted by atomic mass is 35.5. The molecular weight excluding hydrogens is 358 g/mol. The number of aromatic nitrogens is 2.